The van der Waals surface area contributed by atoms with Gasteiger partial charge in [-0.3, -0.25) is 4.68 Å². The van der Waals surface area contributed by atoms with Gasteiger partial charge in [-0.05, 0) is 52.7 Å². The number of aromatic nitrogens is 3. The molecule has 1 fully saturated rings. The van der Waals surface area contributed by atoms with Gasteiger partial charge in [0.05, 0.1) is 12.2 Å². The van der Waals surface area contributed by atoms with Gasteiger partial charge in [-0.15, -0.1) is 0 Å². The summed E-state index contributed by atoms with van der Waals surface area (Å²) in [5.74, 6) is 1.97. The van der Waals surface area contributed by atoms with Crippen LogP contribution in [0.1, 0.15) is 42.4 Å². The van der Waals surface area contributed by atoms with Gasteiger partial charge in [0.25, 0.3) is 0 Å². The first-order valence-electron chi connectivity index (χ1n) is 10.2. The second-order valence-corrected chi connectivity index (χ2v) is 7.51. The molecule has 7 nitrogen and oxygen atoms in total. The number of nitrogens with one attached hydrogen (secondary N) is 2. The number of aryl methyl sites for hydroxylation is 3. The molecule has 3 rings (SSSR count). The third-order valence-electron chi connectivity index (χ3n) is 5.43. The standard InChI is InChI=1S/C21H33N7/c1-6-22-21(23-14-19-16(3)26-27(5)17(19)4)25-18-10-12-28(13-11-18)20-9-7-8-15(2)24-20/h7-9,18H,6,10-14H2,1-5H3,(H2,22,23,25). The fourth-order valence-corrected chi connectivity index (χ4v) is 3.68. The Labute approximate surface area is 168 Å². The Morgan fingerprint density at radius 1 is 1.21 bits per heavy atom. The smallest absolute Gasteiger partial charge is 0.191 e. The molecule has 28 heavy (non-hydrogen) atoms. The van der Waals surface area contributed by atoms with Gasteiger partial charge < -0.3 is 15.5 Å². The Morgan fingerprint density at radius 3 is 2.57 bits per heavy atom. The largest absolute Gasteiger partial charge is 0.357 e. The molecule has 0 bridgehead atoms. The van der Waals surface area contributed by atoms with E-state index in [-0.39, 0.29) is 0 Å². The summed E-state index contributed by atoms with van der Waals surface area (Å²) in [5, 5.41) is 11.5. The number of aliphatic imine (C=N–C) groups is 1. The van der Waals surface area contributed by atoms with Gasteiger partial charge >= 0.3 is 0 Å². The summed E-state index contributed by atoms with van der Waals surface area (Å²) < 4.78 is 1.93. The van der Waals surface area contributed by atoms with E-state index in [1.807, 2.05) is 31.6 Å². The molecule has 1 saturated heterocycles. The number of hydrogen-bond acceptors (Lipinski definition) is 4. The molecule has 2 aromatic heterocycles. The third-order valence-corrected chi connectivity index (χ3v) is 5.43. The van der Waals surface area contributed by atoms with Crippen LogP contribution in [-0.4, -0.2) is 46.4 Å². The number of guanidine groups is 1. The molecule has 3 heterocycles. The molecule has 2 N–H and O–H groups in total. The van der Waals surface area contributed by atoms with Crippen LogP contribution in [0.3, 0.4) is 0 Å². The van der Waals surface area contributed by atoms with Gasteiger partial charge in [0.15, 0.2) is 5.96 Å². The quantitative estimate of drug-likeness (QED) is 0.613. The lowest BCUT2D eigenvalue weighted by Gasteiger charge is -2.34. The molecular weight excluding hydrogens is 350 g/mol. The maximum atomic E-state index is 4.82. The predicted octanol–water partition coefficient (Wildman–Crippen LogP) is 2.46. The average Bonchev–Trinajstić information content (AvgIpc) is 2.92. The summed E-state index contributed by atoms with van der Waals surface area (Å²) in [6.45, 7) is 11.8. The highest BCUT2D eigenvalue weighted by Crippen LogP contribution is 2.18. The molecule has 0 saturated carbocycles. The SMILES string of the molecule is CCNC(=NCc1c(C)nn(C)c1C)NC1CCN(c2cccc(C)n2)CC1. The predicted molar refractivity (Wildman–Crippen MR) is 115 cm³/mol. The molecule has 0 spiro atoms. The first-order valence-corrected chi connectivity index (χ1v) is 10.2. The van der Waals surface area contributed by atoms with Crippen molar-refractivity contribution in [3.05, 3.63) is 40.8 Å². The fraction of sp³-hybridized carbons (Fsp3) is 0.571. The lowest BCUT2D eigenvalue weighted by atomic mass is 10.1. The van der Waals surface area contributed by atoms with Crippen molar-refractivity contribution in [2.75, 3.05) is 24.5 Å². The summed E-state index contributed by atoms with van der Waals surface area (Å²) in [6, 6.07) is 6.66. The second-order valence-electron chi connectivity index (χ2n) is 7.51. The highest BCUT2D eigenvalue weighted by atomic mass is 15.3. The van der Waals surface area contributed by atoms with E-state index in [4.69, 9.17) is 4.99 Å². The van der Waals surface area contributed by atoms with Crippen LogP contribution in [0.25, 0.3) is 0 Å². The van der Waals surface area contributed by atoms with Crippen molar-refractivity contribution in [2.45, 2.75) is 53.1 Å². The van der Waals surface area contributed by atoms with Crippen molar-refractivity contribution in [3.63, 3.8) is 0 Å². The zero-order chi connectivity index (χ0) is 20.1. The van der Waals surface area contributed by atoms with Crippen molar-refractivity contribution in [1.29, 1.82) is 0 Å². The number of piperidine rings is 1. The van der Waals surface area contributed by atoms with E-state index in [2.05, 4.69) is 51.6 Å². The van der Waals surface area contributed by atoms with Crippen LogP contribution in [0.4, 0.5) is 5.82 Å². The molecule has 0 aromatic carbocycles. The van der Waals surface area contributed by atoms with Crippen LogP contribution in [-0.2, 0) is 13.6 Å². The second kappa shape index (κ2) is 9.08. The van der Waals surface area contributed by atoms with Crippen molar-refractivity contribution in [1.82, 2.24) is 25.4 Å². The van der Waals surface area contributed by atoms with Crippen molar-refractivity contribution in [2.24, 2.45) is 12.0 Å². The Bertz CT molecular complexity index is 816. The summed E-state index contributed by atoms with van der Waals surface area (Å²) >= 11 is 0. The van der Waals surface area contributed by atoms with Gasteiger partial charge in [-0.2, -0.15) is 5.10 Å². The first-order chi connectivity index (χ1) is 13.5. The van der Waals surface area contributed by atoms with Crippen molar-refractivity contribution >= 4 is 11.8 Å². The molecular formula is C21H33N7. The molecule has 0 amide bonds. The van der Waals surface area contributed by atoms with E-state index in [0.717, 1.165) is 55.6 Å². The molecule has 7 heteroatoms. The van der Waals surface area contributed by atoms with Crippen LogP contribution < -0.4 is 15.5 Å². The maximum absolute atomic E-state index is 4.82. The lowest BCUT2D eigenvalue weighted by Crippen LogP contribution is -2.48. The average molecular weight is 384 g/mol. The molecule has 0 atom stereocenters. The topological polar surface area (TPSA) is 70.4 Å². The van der Waals surface area contributed by atoms with Crippen LogP contribution in [0, 0.1) is 20.8 Å². The zero-order valence-corrected chi connectivity index (χ0v) is 17.8. The monoisotopic (exact) mass is 383 g/mol. The number of anilines is 1. The van der Waals surface area contributed by atoms with E-state index < -0.39 is 0 Å². The number of hydrogen-bond donors (Lipinski definition) is 2. The van der Waals surface area contributed by atoms with E-state index in [9.17, 15) is 0 Å². The number of pyridine rings is 1. The summed E-state index contributed by atoms with van der Waals surface area (Å²) in [6.07, 6.45) is 2.15. The fourth-order valence-electron chi connectivity index (χ4n) is 3.68. The highest BCUT2D eigenvalue weighted by Gasteiger charge is 2.21. The molecule has 1 aliphatic rings. The van der Waals surface area contributed by atoms with E-state index in [1.165, 1.54) is 11.3 Å². The van der Waals surface area contributed by atoms with Gasteiger partial charge in [-0.1, -0.05) is 6.07 Å². The van der Waals surface area contributed by atoms with Gasteiger partial charge in [-0.25, -0.2) is 9.98 Å². The summed E-state index contributed by atoms with van der Waals surface area (Å²) in [7, 11) is 1.98. The minimum Gasteiger partial charge on any atom is -0.357 e. The third kappa shape index (κ3) is 4.82. The molecule has 2 aromatic rings. The van der Waals surface area contributed by atoms with Crippen molar-refractivity contribution in [3.8, 4) is 0 Å². The number of rotatable bonds is 5. The molecule has 152 valence electrons. The Hall–Kier alpha value is -2.57. The summed E-state index contributed by atoms with van der Waals surface area (Å²) in [5.41, 5.74) is 4.51. The normalized spacial score (nSPS) is 15.8. The minimum absolute atomic E-state index is 0.426. The van der Waals surface area contributed by atoms with Crippen LogP contribution in [0.5, 0.6) is 0 Å². The van der Waals surface area contributed by atoms with Crippen LogP contribution >= 0.6 is 0 Å². The maximum Gasteiger partial charge on any atom is 0.191 e. The van der Waals surface area contributed by atoms with E-state index >= 15 is 0 Å². The van der Waals surface area contributed by atoms with Crippen molar-refractivity contribution < 1.29 is 0 Å². The summed E-state index contributed by atoms with van der Waals surface area (Å²) in [4.78, 5) is 11.8. The molecule has 1 aliphatic heterocycles. The Balaban J connectivity index is 1.59. The molecule has 0 unspecified atom stereocenters. The first kappa shape index (κ1) is 20.2. The molecule has 0 aliphatic carbocycles. The Morgan fingerprint density at radius 2 is 1.96 bits per heavy atom. The van der Waals surface area contributed by atoms with Crippen LogP contribution in [0.2, 0.25) is 0 Å². The van der Waals surface area contributed by atoms with Crippen LogP contribution in [0.15, 0.2) is 23.2 Å². The lowest BCUT2D eigenvalue weighted by molar-refractivity contribution is 0.459. The zero-order valence-electron chi connectivity index (χ0n) is 17.8. The van der Waals surface area contributed by atoms with Gasteiger partial charge in [0.1, 0.15) is 5.82 Å². The Kier molecular flexibility index (Phi) is 6.54. The highest BCUT2D eigenvalue weighted by molar-refractivity contribution is 5.80. The van der Waals surface area contributed by atoms with Gasteiger partial charge in [0, 0.05) is 49.7 Å². The minimum atomic E-state index is 0.426. The van der Waals surface area contributed by atoms with E-state index in [1.54, 1.807) is 0 Å². The number of nitrogens with zero attached hydrogens (tertiary/aromatic N) is 5. The van der Waals surface area contributed by atoms with Gasteiger partial charge in [0.2, 0.25) is 0 Å². The molecule has 0 radical (unpaired) electrons. The van der Waals surface area contributed by atoms with E-state index in [0.29, 0.717) is 12.6 Å².